The number of pyridine rings is 1. The fourth-order valence-corrected chi connectivity index (χ4v) is 2.14. The first-order valence-electron chi connectivity index (χ1n) is 5.85. The van der Waals surface area contributed by atoms with E-state index in [0.29, 0.717) is 6.54 Å². The van der Waals surface area contributed by atoms with E-state index < -0.39 is 0 Å². The van der Waals surface area contributed by atoms with E-state index in [1.54, 1.807) is 6.07 Å². The van der Waals surface area contributed by atoms with Crippen LogP contribution in [-0.2, 0) is 13.0 Å². The Balaban J connectivity index is 2.08. The molecule has 0 saturated heterocycles. The minimum Gasteiger partial charge on any atom is -0.506 e. The Morgan fingerprint density at radius 3 is 2.78 bits per heavy atom. The van der Waals surface area contributed by atoms with Gasteiger partial charge in [-0.2, -0.15) is 0 Å². The maximum atomic E-state index is 9.17. The van der Waals surface area contributed by atoms with E-state index in [2.05, 4.69) is 45.3 Å². The van der Waals surface area contributed by atoms with E-state index >= 15 is 0 Å². The summed E-state index contributed by atoms with van der Waals surface area (Å²) in [6, 6.07) is 9.65. The molecule has 0 atom stereocenters. The summed E-state index contributed by atoms with van der Waals surface area (Å²) in [7, 11) is 0. The summed E-state index contributed by atoms with van der Waals surface area (Å²) in [5.41, 5.74) is 3.29. The lowest BCUT2D eigenvalue weighted by atomic mass is 10.1. The molecular weight excluding hydrogens is 292 g/mol. The number of aryl methyl sites for hydroxylation is 1. The van der Waals surface area contributed by atoms with Crippen LogP contribution >= 0.6 is 15.9 Å². The first kappa shape index (κ1) is 12.9. The van der Waals surface area contributed by atoms with Crippen molar-refractivity contribution in [2.24, 2.45) is 0 Å². The maximum Gasteiger partial charge on any atom is 0.133 e. The van der Waals surface area contributed by atoms with Crippen LogP contribution in [0.15, 0.2) is 41.0 Å². The zero-order valence-corrected chi connectivity index (χ0v) is 11.7. The van der Waals surface area contributed by atoms with Crippen molar-refractivity contribution < 1.29 is 5.11 Å². The fraction of sp³-hybridized carbons (Fsp3) is 0.214. The van der Waals surface area contributed by atoms with Crippen LogP contribution in [0.2, 0.25) is 0 Å². The van der Waals surface area contributed by atoms with Crippen LogP contribution in [0, 0.1) is 0 Å². The molecule has 0 aliphatic heterocycles. The van der Waals surface area contributed by atoms with Gasteiger partial charge in [-0.3, -0.25) is 4.98 Å². The zero-order chi connectivity index (χ0) is 13.0. The lowest BCUT2D eigenvalue weighted by Crippen LogP contribution is -2.03. The lowest BCUT2D eigenvalue weighted by Gasteiger charge is -2.11. The number of rotatable bonds is 4. The molecule has 2 aromatic rings. The van der Waals surface area contributed by atoms with Crippen molar-refractivity contribution in [1.29, 1.82) is 0 Å². The topological polar surface area (TPSA) is 45.1 Å². The number of anilines is 1. The van der Waals surface area contributed by atoms with Gasteiger partial charge in [0.25, 0.3) is 0 Å². The molecule has 1 aromatic heterocycles. The molecule has 1 aromatic carbocycles. The van der Waals surface area contributed by atoms with Crippen LogP contribution in [0.1, 0.15) is 18.2 Å². The van der Waals surface area contributed by atoms with Crippen molar-refractivity contribution in [2.75, 3.05) is 5.32 Å². The van der Waals surface area contributed by atoms with Crippen molar-refractivity contribution in [3.05, 3.63) is 52.3 Å². The predicted octanol–water partition coefficient (Wildman–Crippen LogP) is 3.72. The summed E-state index contributed by atoms with van der Waals surface area (Å²) in [5.74, 6) is 0.191. The Morgan fingerprint density at radius 1 is 1.28 bits per heavy atom. The van der Waals surface area contributed by atoms with Crippen LogP contribution in [0.4, 0.5) is 5.69 Å². The van der Waals surface area contributed by atoms with Gasteiger partial charge in [-0.1, -0.05) is 22.9 Å². The van der Waals surface area contributed by atoms with Crippen molar-refractivity contribution in [3.8, 4) is 5.75 Å². The number of aromatic hydroxyl groups is 1. The quantitative estimate of drug-likeness (QED) is 0.905. The summed E-state index contributed by atoms with van der Waals surface area (Å²) in [6.07, 6.45) is 2.43. The monoisotopic (exact) mass is 306 g/mol. The van der Waals surface area contributed by atoms with Gasteiger partial charge < -0.3 is 10.4 Å². The molecule has 0 aliphatic rings. The number of nitrogens with zero attached hydrogens (tertiary/aromatic N) is 1. The van der Waals surface area contributed by atoms with Gasteiger partial charge >= 0.3 is 0 Å². The second kappa shape index (κ2) is 5.87. The molecule has 0 amide bonds. The first-order chi connectivity index (χ1) is 8.69. The summed E-state index contributed by atoms with van der Waals surface area (Å²) in [4.78, 5) is 4.14. The van der Waals surface area contributed by atoms with E-state index in [9.17, 15) is 0 Å². The van der Waals surface area contributed by atoms with Gasteiger partial charge in [-0.25, -0.2) is 0 Å². The Kier molecular flexibility index (Phi) is 4.20. The second-order valence-corrected chi connectivity index (χ2v) is 4.93. The summed E-state index contributed by atoms with van der Waals surface area (Å²) >= 11 is 3.47. The van der Waals surface area contributed by atoms with Gasteiger partial charge in [0.2, 0.25) is 0 Å². The molecule has 0 saturated carbocycles. The molecule has 2 N–H and O–H groups in total. The Bertz CT molecular complexity index is 526. The fourth-order valence-electron chi connectivity index (χ4n) is 1.73. The molecule has 18 heavy (non-hydrogen) atoms. The second-order valence-electron chi connectivity index (χ2n) is 4.02. The SMILES string of the molecule is CCc1cc(Br)ccc1NCc1ccc(O)cn1. The van der Waals surface area contributed by atoms with E-state index in [0.717, 1.165) is 22.3 Å². The van der Waals surface area contributed by atoms with Crippen molar-refractivity contribution >= 4 is 21.6 Å². The zero-order valence-electron chi connectivity index (χ0n) is 10.2. The van der Waals surface area contributed by atoms with Gasteiger partial charge in [0.1, 0.15) is 5.75 Å². The molecule has 0 radical (unpaired) electrons. The average molecular weight is 307 g/mol. The predicted molar refractivity (Wildman–Crippen MR) is 76.7 cm³/mol. The van der Waals surface area contributed by atoms with Gasteiger partial charge in [0.05, 0.1) is 18.4 Å². The highest BCUT2D eigenvalue weighted by Gasteiger charge is 2.02. The van der Waals surface area contributed by atoms with Crippen LogP contribution in [0.25, 0.3) is 0 Å². The summed E-state index contributed by atoms with van der Waals surface area (Å²) in [5, 5.41) is 12.5. The van der Waals surface area contributed by atoms with Crippen molar-refractivity contribution in [2.45, 2.75) is 19.9 Å². The highest BCUT2D eigenvalue weighted by atomic mass is 79.9. The minimum absolute atomic E-state index is 0.191. The molecular formula is C14H15BrN2O. The molecule has 0 bridgehead atoms. The molecule has 0 spiro atoms. The molecule has 0 fully saturated rings. The molecule has 4 heteroatoms. The first-order valence-corrected chi connectivity index (χ1v) is 6.64. The van der Waals surface area contributed by atoms with Gasteiger partial charge in [-0.05, 0) is 42.3 Å². The average Bonchev–Trinajstić information content (AvgIpc) is 2.39. The third-order valence-corrected chi connectivity index (χ3v) is 3.21. The largest absolute Gasteiger partial charge is 0.506 e. The van der Waals surface area contributed by atoms with Gasteiger partial charge in [-0.15, -0.1) is 0 Å². The van der Waals surface area contributed by atoms with Crippen LogP contribution in [-0.4, -0.2) is 10.1 Å². The number of benzene rings is 1. The molecule has 94 valence electrons. The number of halogens is 1. The third kappa shape index (κ3) is 3.23. The van der Waals surface area contributed by atoms with Crippen molar-refractivity contribution in [3.63, 3.8) is 0 Å². The van der Waals surface area contributed by atoms with Crippen LogP contribution < -0.4 is 5.32 Å². The minimum atomic E-state index is 0.191. The van der Waals surface area contributed by atoms with E-state index in [-0.39, 0.29) is 5.75 Å². The standard InChI is InChI=1S/C14H15BrN2O/c1-2-10-7-11(15)3-6-14(10)17-8-12-4-5-13(18)9-16-12/h3-7,9,17-18H,2,8H2,1H3. The van der Waals surface area contributed by atoms with E-state index in [1.807, 2.05) is 12.1 Å². The number of hydrogen-bond acceptors (Lipinski definition) is 3. The highest BCUT2D eigenvalue weighted by Crippen LogP contribution is 2.22. The summed E-state index contributed by atoms with van der Waals surface area (Å²) < 4.78 is 1.09. The highest BCUT2D eigenvalue weighted by molar-refractivity contribution is 9.10. The molecule has 3 nitrogen and oxygen atoms in total. The van der Waals surface area contributed by atoms with E-state index in [4.69, 9.17) is 5.11 Å². The Morgan fingerprint density at radius 2 is 2.11 bits per heavy atom. The Labute approximate surface area is 115 Å². The number of hydrogen-bond donors (Lipinski definition) is 2. The third-order valence-electron chi connectivity index (χ3n) is 2.72. The van der Waals surface area contributed by atoms with E-state index in [1.165, 1.54) is 11.8 Å². The number of nitrogens with one attached hydrogen (secondary N) is 1. The lowest BCUT2D eigenvalue weighted by molar-refractivity contribution is 0.472. The Hall–Kier alpha value is -1.55. The molecule has 1 heterocycles. The van der Waals surface area contributed by atoms with Gasteiger partial charge in [0, 0.05) is 10.2 Å². The molecule has 0 unspecified atom stereocenters. The maximum absolute atomic E-state index is 9.17. The normalized spacial score (nSPS) is 10.3. The van der Waals surface area contributed by atoms with Gasteiger partial charge in [0.15, 0.2) is 0 Å². The smallest absolute Gasteiger partial charge is 0.133 e. The summed E-state index contributed by atoms with van der Waals surface area (Å²) in [6.45, 7) is 2.78. The van der Waals surface area contributed by atoms with Crippen LogP contribution in [0.5, 0.6) is 5.75 Å². The molecule has 2 rings (SSSR count). The number of aromatic nitrogens is 1. The van der Waals surface area contributed by atoms with Crippen LogP contribution in [0.3, 0.4) is 0 Å². The molecule has 0 aliphatic carbocycles. The van der Waals surface area contributed by atoms with Crippen molar-refractivity contribution in [1.82, 2.24) is 4.98 Å².